The molecule has 6 nitrogen and oxygen atoms in total. The maximum atomic E-state index is 12.6. The lowest BCUT2D eigenvalue weighted by atomic mass is 10.1. The van der Waals surface area contributed by atoms with Crippen LogP contribution in [-0.4, -0.2) is 60.4 Å². The van der Waals surface area contributed by atoms with Crippen molar-refractivity contribution in [1.29, 1.82) is 0 Å². The average molecular weight is 342 g/mol. The zero-order chi connectivity index (χ0) is 17.3. The third-order valence-electron chi connectivity index (χ3n) is 5.49. The van der Waals surface area contributed by atoms with Gasteiger partial charge in [0.2, 0.25) is 0 Å². The summed E-state index contributed by atoms with van der Waals surface area (Å²) in [5.74, 6) is 0.0124. The molecule has 2 aromatic rings. The van der Waals surface area contributed by atoms with Crippen molar-refractivity contribution in [3.63, 3.8) is 0 Å². The largest absolute Gasteiger partial charge is 0.379 e. The molecular formula is C19H26N4O2. The van der Waals surface area contributed by atoms with Crippen LogP contribution in [-0.2, 0) is 11.2 Å². The number of aromatic nitrogens is 2. The summed E-state index contributed by atoms with van der Waals surface area (Å²) in [5.41, 5.74) is 2.97. The topological polar surface area (TPSA) is 70.2 Å². The molecule has 1 saturated heterocycles. The van der Waals surface area contributed by atoms with Crippen LogP contribution in [0.2, 0.25) is 0 Å². The SMILES string of the molecule is CCc1[nH]nc2ccc(C(=O)NCC3(CN4CCOCC4)CC3)cc12. The molecule has 1 aliphatic heterocycles. The van der Waals surface area contributed by atoms with E-state index in [9.17, 15) is 4.79 Å². The second-order valence-corrected chi connectivity index (χ2v) is 7.36. The molecule has 1 aromatic carbocycles. The lowest BCUT2D eigenvalue weighted by Crippen LogP contribution is -2.43. The minimum atomic E-state index is 0.0124. The van der Waals surface area contributed by atoms with Gasteiger partial charge in [0.15, 0.2) is 0 Å². The summed E-state index contributed by atoms with van der Waals surface area (Å²) in [7, 11) is 0. The summed E-state index contributed by atoms with van der Waals surface area (Å²) in [6.45, 7) is 7.58. The average Bonchev–Trinajstić information content (AvgIpc) is 3.28. The molecule has 1 saturated carbocycles. The summed E-state index contributed by atoms with van der Waals surface area (Å²) in [6, 6.07) is 5.73. The van der Waals surface area contributed by atoms with Crippen molar-refractivity contribution in [3.05, 3.63) is 29.5 Å². The summed E-state index contributed by atoms with van der Waals surface area (Å²) >= 11 is 0. The molecule has 2 aliphatic rings. The molecule has 1 amide bonds. The Labute approximate surface area is 147 Å². The Hall–Kier alpha value is -1.92. The van der Waals surface area contributed by atoms with Crippen LogP contribution in [0.15, 0.2) is 18.2 Å². The Bertz CT molecular complexity index is 760. The molecular weight excluding hydrogens is 316 g/mol. The zero-order valence-corrected chi connectivity index (χ0v) is 14.8. The van der Waals surface area contributed by atoms with Gasteiger partial charge in [0.1, 0.15) is 0 Å². The standard InChI is InChI=1S/C19H26N4O2/c1-2-16-15-11-14(3-4-17(15)22-21-16)18(24)20-12-19(5-6-19)13-23-7-9-25-10-8-23/h3-4,11H,2,5-10,12-13H2,1H3,(H,20,24)(H,21,22). The summed E-state index contributed by atoms with van der Waals surface area (Å²) < 4.78 is 5.42. The lowest BCUT2D eigenvalue weighted by Gasteiger charge is -2.30. The first-order valence-electron chi connectivity index (χ1n) is 9.24. The van der Waals surface area contributed by atoms with Gasteiger partial charge in [-0.1, -0.05) is 6.92 Å². The van der Waals surface area contributed by atoms with Crippen LogP contribution in [0.3, 0.4) is 0 Å². The molecule has 2 fully saturated rings. The van der Waals surface area contributed by atoms with Crippen molar-refractivity contribution < 1.29 is 9.53 Å². The molecule has 0 spiro atoms. The Morgan fingerprint density at radius 2 is 2.16 bits per heavy atom. The Balaban J connectivity index is 1.38. The Morgan fingerprint density at radius 3 is 2.88 bits per heavy atom. The summed E-state index contributed by atoms with van der Waals surface area (Å²) in [5, 5.41) is 11.5. The molecule has 0 bridgehead atoms. The van der Waals surface area contributed by atoms with Crippen LogP contribution in [0.25, 0.3) is 10.9 Å². The normalized spacial score (nSPS) is 19.9. The number of ether oxygens (including phenoxy) is 1. The van der Waals surface area contributed by atoms with Crippen molar-refractivity contribution in [3.8, 4) is 0 Å². The van der Waals surface area contributed by atoms with E-state index in [4.69, 9.17) is 4.74 Å². The van der Waals surface area contributed by atoms with E-state index >= 15 is 0 Å². The number of nitrogens with zero attached hydrogens (tertiary/aromatic N) is 2. The van der Waals surface area contributed by atoms with Crippen molar-refractivity contribution in [2.24, 2.45) is 5.41 Å². The molecule has 2 heterocycles. The fourth-order valence-corrected chi connectivity index (χ4v) is 3.64. The summed E-state index contributed by atoms with van der Waals surface area (Å²) in [4.78, 5) is 15.1. The minimum Gasteiger partial charge on any atom is -0.379 e. The highest BCUT2D eigenvalue weighted by Crippen LogP contribution is 2.45. The number of aryl methyl sites for hydroxylation is 1. The second-order valence-electron chi connectivity index (χ2n) is 7.36. The summed E-state index contributed by atoms with van der Waals surface area (Å²) in [6.07, 6.45) is 3.28. The van der Waals surface area contributed by atoms with Crippen molar-refractivity contribution >= 4 is 16.8 Å². The molecule has 6 heteroatoms. The second kappa shape index (κ2) is 6.77. The number of fused-ring (bicyclic) bond motifs is 1. The van der Waals surface area contributed by atoms with Gasteiger partial charge >= 0.3 is 0 Å². The van der Waals surface area contributed by atoms with Gasteiger partial charge in [-0.15, -0.1) is 0 Å². The van der Waals surface area contributed by atoms with Crippen LogP contribution in [0.4, 0.5) is 0 Å². The van der Waals surface area contributed by atoms with E-state index in [2.05, 4.69) is 27.3 Å². The van der Waals surface area contributed by atoms with Crippen LogP contribution in [0.5, 0.6) is 0 Å². The molecule has 25 heavy (non-hydrogen) atoms. The maximum Gasteiger partial charge on any atom is 0.251 e. The van der Waals surface area contributed by atoms with E-state index in [-0.39, 0.29) is 11.3 Å². The first-order chi connectivity index (χ1) is 12.2. The number of H-pyrrole nitrogens is 1. The molecule has 0 atom stereocenters. The van der Waals surface area contributed by atoms with E-state index in [0.717, 1.165) is 62.4 Å². The van der Waals surface area contributed by atoms with E-state index in [0.29, 0.717) is 5.56 Å². The van der Waals surface area contributed by atoms with Gasteiger partial charge in [-0.3, -0.25) is 14.8 Å². The van der Waals surface area contributed by atoms with Crippen LogP contribution >= 0.6 is 0 Å². The fourth-order valence-electron chi connectivity index (χ4n) is 3.64. The first-order valence-corrected chi connectivity index (χ1v) is 9.24. The predicted molar refractivity (Wildman–Crippen MR) is 96.7 cm³/mol. The molecule has 2 N–H and O–H groups in total. The number of hydrogen-bond donors (Lipinski definition) is 2. The predicted octanol–water partition coefficient (Wildman–Crippen LogP) is 1.97. The van der Waals surface area contributed by atoms with E-state index in [1.165, 1.54) is 12.8 Å². The van der Waals surface area contributed by atoms with Gasteiger partial charge < -0.3 is 10.1 Å². The highest BCUT2D eigenvalue weighted by Gasteiger charge is 2.44. The van der Waals surface area contributed by atoms with Crippen molar-refractivity contribution in [1.82, 2.24) is 20.4 Å². The van der Waals surface area contributed by atoms with E-state index < -0.39 is 0 Å². The minimum absolute atomic E-state index is 0.0124. The number of amides is 1. The number of nitrogens with one attached hydrogen (secondary N) is 2. The Kier molecular flexibility index (Phi) is 4.48. The number of aromatic amines is 1. The highest BCUT2D eigenvalue weighted by atomic mass is 16.5. The maximum absolute atomic E-state index is 12.6. The number of rotatable bonds is 6. The van der Waals surface area contributed by atoms with Crippen LogP contribution in [0, 0.1) is 5.41 Å². The van der Waals surface area contributed by atoms with Crippen molar-refractivity contribution in [2.75, 3.05) is 39.4 Å². The van der Waals surface area contributed by atoms with Crippen LogP contribution in [0.1, 0.15) is 35.8 Å². The number of carbonyl (C=O) groups excluding carboxylic acids is 1. The molecule has 0 radical (unpaired) electrons. The Morgan fingerprint density at radius 1 is 1.36 bits per heavy atom. The van der Waals surface area contributed by atoms with E-state index in [1.54, 1.807) is 0 Å². The number of carbonyl (C=O) groups is 1. The number of hydrogen-bond acceptors (Lipinski definition) is 4. The van der Waals surface area contributed by atoms with Crippen molar-refractivity contribution in [2.45, 2.75) is 26.2 Å². The van der Waals surface area contributed by atoms with Gasteiger partial charge in [-0.25, -0.2) is 0 Å². The van der Waals surface area contributed by atoms with Gasteiger partial charge in [-0.2, -0.15) is 5.10 Å². The fraction of sp³-hybridized carbons (Fsp3) is 0.579. The molecule has 4 rings (SSSR count). The van der Waals surface area contributed by atoms with Gasteiger partial charge in [0.25, 0.3) is 5.91 Å². The van der Waals surface area contributed by atoms with Gasteiger partial charge in [-0.05, 0) is 37.5 Å². The van der Waals surface area contributed by atoms with Gasteiger partial charge in [0, 0.05) is 48.2 Å². The quantitative estimate of drug-likeness (QED) is 0.842. The zero-order valence-electron chi connectivity index (χ0n) is 14.8. The monoisotopic (exact) mass is 342 g/mol. The van der Waals surface area contributed by atoms with E-state index in [1.807, 2.05) is 18.2 Å². The van der Waals surface area contributed by atoms with Gasteiger partial charge in [0.05, 0.1) is 18.7 Å². The first kappa shape index (κ1) is 16.5. The highest BCUT2D eigenvalue weighted by molar-refractivity contribution is 5.98. The molecule has 1 aliphatic carbocycles. The van der Waals surface area contributed by atoms with Crippen LogP contribution < -0.4 is 5.32 Å². The third kappa shape index (κ3) is 3.55. The molecule has 1 aromatic heterocycles. The molecule has 134 valence electrons. The smallest absolute Gasteiger partial charge is 0.251 e. The molecule has 0 unspecified atom stereocenters. The number of benzene rings is 1. The number of morpholine rings is 1. The third-order valence-corrected chi connectivity index (χ3v) is 5.49. The lowest BCUT2D eigenvalue weighted by molar-refractivity contribution is 0.0283.